The number of piperidine rings is 1. The average molecular weight is 396 g/mol. The molecule has 1 aliphatic heterocycles. The predicted octanol–water partition coefficient (Wildman–Crippen LogP) is 2.11. The van der Waals surface area contributed by atoms with E-state index in [9.17, 15) is 9.59 Å². The van der Waals surface area contributed by atoms with E-state index in [4.69, 9.17) is 0 Å². The van der Waals surface area contributed by atoms with Crippen molar-refractivity contribution < 1.29 is 4.79 Å². The molecule has 2 aliphatic carbocycles. The van der Waals surface area contributed by atoms with Crippen molar-refractivity contribution in [2.45, 2.75) is 76.4 Å². The number of hydrogen-bond acceptors (Lipinski definition) is 5. The summed E-state index contributed by atoms with van der Waals surface area (Å²) in [6.07, 6.45) is 8.35. The summed E-state index contributed by atoms with van der Waals surface area (Å²) in [7, 11) is 0. The highest BCUT2D eigenvalue weighted by Crippen LogP contribution is 2.39. The van der Waals surface area contributed by atoms with Crippen molar-refractivity contribution >= 4 is 16.8 Å². The molecule has 3 heterocycles. The normalized spacial score (nSPS) is 23.1. The van der Waals surface area contributed by atoms with Crippen LogP contribution in [0.4, 0.5) is 0 Å². The Morgan fingerprint density at radius 3 is 2.72 bits per heavy atom. The number of amides is 1. The van der Waals surface area contributed by atoms with Gasteiger partial charge in [0, 0.05) is 30.2 Å². The zero-order valence-corrected chi connectivity index (χ0v) is 17.1. The number of fused-ring (bicyclic) bond motifs is 1. The van der Waals surface area contributed by atoms with Crippen molar-refractivity contribution in [1.29, 1.82) is 0 Å². The van der Waals surface area contributed by atoms with Crippen LogP contribution in [0.2, 0.25) is 0 Å². The second-order valence-electron chi connectivity index (χ2n) is 8.94. The van der Waals surface area contributed by atoms with E-state index in [2.05, 4.69) is 20.3 Å². The Kier molecular flexibility index (Phi) is 4.86. The van der Waals surface area contributed by atoms with E-state index >= 15 is 0 Å². The van der Waals surface area contributed by atoms with Crippen molar-refractivity contribution in [2.75, 3.05) is 13.1 Å². The minimum absolute atomic E-state index is 0.0417. The van der Waals surface area contributed by atoms with Crippen molar-refractivity contribution in [3.05, 3.63) is 33.9 Å². The van der Waals surface area contributed by atoms with Gasteiger partial charge in [-0.25, -0.2) is 4.68 Å². The van der Waals surface area contributed by atoms with E-state index in [0.29, 0.717) is 28.6 Å². The van der Waals surface area contributed by atoms with Crippen LogP contribution in [0.1, 0.15) is 62.3 Å². The third kappa shape index (κ3) is 3.80. The molecule has 0 aromatic carbocycles. The standard InChI is InChI=1S/C22H29N5O2/c1-14-21-18(9-10-19(24-21)15-7-8-15)22(29)27(25-14)13-20(28)23-16-4-3-11-26(12-16)17-5-2-6-17/h9-10,15-17H,2-8,11-13H2,1H3,(H,23,28)/t16-/m1/s1. The molecule has 3 fully saturated rings. The minimum atomic E-state index is -0.240. The van der Waals surface area contributed by atoms with E-state index in [1.54, 1.807) is 0 Å². The van der Waals surface area contributed by atoms with Crippen LogP contribution in [0.15, 0.2) is 16.9 Å². The molecule has 2 aromatic heterocycles. The van der Waals surface area contributed by atoms with Crippen LogP contribution in [0, 0.1) is 6.92 Å². The van der Waals surface area contributed by atoms with Gasteiger partial charge < -0.3 is 5.32 Å². The van der Waals surface area contributed by atoms with Crippen LogP contribution in [0.5, 0.6) is 0 Å². The number of carbonyl (C=O) groups excluding carboxylic acids is 1. The van der Waals surface area contributed by atoms with Crippen molar-refractivity contribution in [3.8, 4) is 0 Å². The molecule has 2 saturated carbocycles. The lowest BCUT2D eigenvalue weighted by Gasteiger charge is -2.42. The summed E-state index contributed by atoms with van der Waals surface area (Å²) < 4.78 is 1.29. The van der Waals surface area contributed by atoms with Gasteiger partial charge in [0.2, 0.25) is 5.91 Å². The molecule has 2 aromatic rings. The Bertz CT molecular complexity index is 993. The number of nitrogens with one attached hydrogen (secondary N) is 1. The second kappa shape index (κ2) is 7.52. The molecule has 0 unspecified atom stereocenters. The summed E-state index contributed by atoms with van der Waals surface area (Å²) in [6, 6.07) is 4.66. The summed E-state index contributed by atoms with van der Waals surface area (Å²) >= 11 is 0. The van der Waals surface area contributed by atoms with Gasteiger partial charge >= 0.3 is 0 Å². The fourth-order valence-corrected chi connectivity index (χ4v) is 4.67. The average Bonchev–Trinajstić information content (AvgIpc) is 3.50. The molecule has 0 spiro atoms. The maximum atomic E-state index is 12.9. The molecule has 0 radical (unpaired) electrons. The molecule has 0 bridgehead atoms. The van der Waals surface area contributed by atoms with E-state index in [1.165, 1.54) is 36.8 Å². The van der Waals surface area contributed by atoms with Gasteiger partial charge in [-0.15, -0.1) is 0 Å². The highest BCUT2D eigenvalue weighted by atomic mass is 16.2. The van der Waals surface area contributed by atoms with Crippen LogP contribution in [0.3, 0.4) is 0 Å². The van der Waals surface area contributed by atoms with Crippen LogP contribution < -0.4 is 10.9 Å². The largest absolute Gasteiger partial charge is 0.350 e. The molecular weight excluding hydrogens is 366 g/mol. The molecule has 7 nitrogen and oxygen atoms in total. The first-order valence-corrected chi connectivity index (χ1v) is 11.0. The zero-order valence-electron chi connectivity index (χ0n) is 17.1. The molecule has 7 heteroatoms. The number of carbonyl (C=O) groups is 1. The van der Waals surface area contributed by atoms with Crippen molar-refractivity contribution in [1.82, 2.24) is 25.0 Å². The van der Waals surface area contributed by atoms with E-state index in [-0.39, 0.29) is 24.1 Å². The van der Waals surface area contributed by atoms with Crippen molar-refractivity contribution in [3.63, 3.8) is 0 Å². The fourth-order valence-electron chi connectivity index (χ4n) is 4.67. The molecular formula is C22H29N5O2. The zero-order chi connectivity index (χ0) is 20.0. The Labute approximate surface area is 170 Å². The smallest absolute Gasteiger partial charge is 0.276 e. The molecule has 1 atom stereocenters. The molecule has 3 aliphatic rings. The van der Waals surface area contributed by atoms with Crippen LogP contribution >= 0.6 is 0 Å². The number of nitrogens with zero attached hydrogens (tertiary/aromatic N) is 4. The Morgan fingerprint density at radius 2 is 2.00 bits per heavy atom. The number of likely N-dealkylation sites (tertiary alicyclic amines) is 1. The molecule has 1 amide bonds. The molecule has 29 heavy (non-hydrogen) atoms. The Morgan fingerprint density at radius 1 is 1.17 bits per heavy atom. The molecule has 1 saturated heterocycles. The van der Waals surface area contributed by atoms with Crippen molar-refractivity contribution in [2.24, 2.45) is 0 Å². The Balaban J connectivity index is 1.29. The van der Waals surface area contributed by atoms with E-state index < -0.39 is 0 Å². The maximum Gasteiger partial charge on any atom is 0.276 e. The summed E-state index contributed by atoms with van der Waals surface area (Å²) in [5.41, 5.74) is 2.17. The first kappa shape index (κ1) is 18.7. The highest BCUT2D eigenvalue weighted by molar-refractivity contribution is 5.80. The third-order valence-electron chi connectivity index (χ3n) is 6.69. The summed E-state index contributed by atoms with van der Waals surface area (Å²) in [5.74, 6) is 0.392. The second-order valence-corrected chi connectivity index (χ2v) is 8.94. The monoisotopic (exact) mass is 395 g/mol. The van der Waals surface area contributed by atoms with Crippen LogP contribution in [0.25, 0.3) is 10.9 Å². The quantitative estimate of drug-likeness (QED) is 0.839. The lowest BCUT2D eigenvalue weighted by atomic mass is 9.89. The van der Waals surface area contributed by atoms with E-state index in [1.807, 2.05) is 19.1 Å². The SMILES string of the molecule is Cc1nn(CC(=O)N[C@@H]2CCCN(C3CCC3)C2)c(=O)c2ccc(C3CC3)nc12. The minimum Gasteiger partial charge on any atom is -0.350 e. The van der Waals surface area contributed by atoms with Gasteiger partial charge in [-0.3, -0.25) is 19.5 Å². The topological polar surface area (TPSA) is 80.1 Å². The number of rotatable bonds is 5. The molecule has 154 valence electrons. The van der Waals surface area contributed by atoms with Crippen LogP contribution in [-0.2, 0) is 11.3 Å². The number of aryl methyl sites for hydroxylation is 1. The summed E-state index contributed by atoms with van der Waals surface area (Å²) in [5, 5.41) is 8.07. The highest BCUT2D eigenvalue weighted by Gasteiger charge is 2.30. The third-order valence-corrected chi connectivity index (χ3v) is 6.69. The van der Waals surface area contributed by atoms with Gasteiger partial charge in [0.05, 0.1) is 16.6 Å². The number of aromatic nitrogens is 3. The summed E-state index contributed by atoms with van der Waals surface area (Å²) in [6.45, 7) is 3.87. The lowest BCUT2D eigenvalue weighted by Crippen LogP contribution is -2.53. The van der Waals surface area contributed by atoms with Gasteiger partial charge in [0.1, 0.15) is 6.54 Å². The van der Waals surface area contributed by atoms with Gasteiger partial charge in [-0.1, -0.05) is 6.42 Å². The first-order chi connectivity index (χ1) is 14.1. The molecule has 1 N–H and O–H groups in total. The molecule has 5 rings (SSSR count). The van der Waals surface area contributed by atoms with Gasteiger partial charge in [0.25, 0.3) is 5.56 Å². The van der Waals surface area contributed by atoms with Crippen LogP contribution in [-0.4, -0.2) is 50.7 Å². The maximum absolute atomic E-state index is 12.9. The Hall–Kier alpha value is -2.28. The van der Waals surface area contributed by atoms with Gasteiger partial charge in [0.15, 0.2) is 0 Å². The fraction of sp³-hybridized carbons (Fsp3) is 0.636. The van der Waals surface area contributed by atoms with Gasteiger partial charge in [-0.2, -0.15) is 5.10 Å². The summed E-state index contributed by atoms with van der Waals surface area (Å²) in [4.78, 5) is 32.7. The van der Waals surface area contributed by atoms with Gasteiger partial charge in [-0.05, 0) is 64.1 Å². The lowest BCUT2D eigenvalue weighted by molar-refractivity contribution is -0.123. The predicted molar refractivity (Wildman–Crippen MR) is 111 cm³/mol. The number of pyridine rings is 1. The first-order valence-electron chi connectivity index (χ1n) is 11.0. The number of hydrogen-bond donors (Lipinski definition) is 1. The van der Waals surface area contributed by atoms with E-state index in [0.717, 1.165) is 31.6 Å².